The van der Waals surface area contributed by atoms with Gasteiger partial charge in [0, 0.05) is 38.8 Å². The lowest BCUT2D eigenvalue weighted by atomic mass is 9.91. The lowest BCUT2D eigenvalue weighted by molar-refractivity contribution is -0.113. The van der Waals surface area contributed by atoms with Gasteiger partial charge in [-0.05, 0) is 31.0 Å². The number of guanidine groups is 1. The minimum atomic E-state index is -0.385. The highest BCUT2D eigenvalue weighted by Crippen LogP contribution is 2.29. The highest BCUT2D eigenvalue weighted by molar-refractivity contribution is 6.07. The summed E-state index contributed by atoms with van der Waals surface area (Å²) >= 11 is 0. The number of nitrogens with one attached hydrogen (secondary N) is 2. The number of hydrazone groups is 1. The topological polar surface area (TPSA) is 150 Å². The fourth-order valence-electron chi connectivity index (χ4n) is 3.06. The molecule has 1 aromatic rings. The summed E-state index contributed by atoms with van der Waals surface area (Å²) in [6, 6.07) is 4.61. The molecule has 1 aliphatic heterocycles. The van der Waals surface area contributed by atoms with E-state index in [0.29, 0.717) is 28.5 Å². The third-order valence-electron chi connectivity index (χ3n) is 4.51. The molecule has 1 aromatic carbocycles. The Labute approximate surface area is 155 Å². The highest BCUT2D eigenvalue weighted by atomic mass is 16.1. The number of nitrogens with two attached hydrogens (primary N) is 3. The third kappa shape index (κ3) is 3.33. The summed E-state index contributed by atoms with van der Waals surface area (Å²) in [6.07, 6.45) is 1.15. The predicted molar refractivity (Wildman–Crippen MR) is 108 cm³/mol. The maximum absolute atomic E-state index is 13.0. The standard InChI is InChI=1S/C17H26N8O.2H2/c1-9(2)15-14(10(3)24(4)17(23-20)25(15)21)16(26)22-12-5-6-13(19)11(7-12)8-18;;/h5-9,15,18H,19-21H2,1-4H3,(H,22,26);2*1H/b18-8?,23-17-;;. The highest BCUT2D eigenvalue weighted by Gasteiger charge is 2.38. The van der Waals surface area contributed by atoms with Gasteiger partial charge < -0.3 is 27.2 Å². The molecule has 1 aliphatic rings. The van der Waals surface area contributed by atoms with Crippen LogP contribution >= 0.6 is 0 Å². The summed E-state index contributed by atoms with van der Waals surface area (Å²) in [5, 5.41) is 15.4. The third-order valence-corrected chi connectivity index (χ3v) is 4.51. The van der Waals surface area contributed by atoms with Gasteiger partial charge in [0.15, 0.2) is 0 Å². The number of carbonyl (C=O) groups is 1. The molecule has 2 rings (SSSR count). The molecule has 1 amide bonds. The van der Waals surface area contributed by atoms with Gasteiger partial charge in [-0.2, -0.15) is 0 Å². The lowest BCUT2D eigenvalue weighted by Crippen LogP contribution is -2.59. The number of hydrogen-bond acceptors (Lipinski definition) is 6. The number of hydrazine groups is 1. The van der Waals surface area contributed by atoms with E-state index in [0.717, 1.165) is 11.9 Å². The van der Waals surface area contributed by atoms with Gasteiger partial charge in [-0.25, -0.2) is 5.84 Å². The zero-order valence-corrected chi connectivity index (χ0v) is 15.4. The first-order chi connectivity index (χ1) is 12.2. The molecule has 1 unspecified atom stereocenters. The number of benzene rings is 1. The van der Waals surface area contributed by atoms with Crippen molar-refractivity contribution in [3.05, 3.63) is 35.0 Å². The molecule has 26 heavy (non-hydrogen) atoms. The first kappa shape index (κ1) is 19.3. The Morgan fingerprint density at radius 2 is 2.12 bits per heavy atom. The maximum atomic E-state index is 13.0. The molecule has 0 saturated heterocycles. The summed E-state index contributed by atoms with van der Waals surface area (Å²) in [7, 11) is 1.75. The van der Waals surface area contributed by atoms with Crippen molar-refractivity contribution < 1.29 is 7.65 Å². The molecular formula is C17H30N8O. The fraction of sp³-hybridized carbons (Fsp3) is 0.353. The summed E-state index contributed by atoms with van der Waals surface area (Å²) in [6.45, 7) is 5.77. The molecule has 0 aliphatic carbocycles. The zero-order chi connectivity index (χ0) is 19.6. The first-order valence-electron chi connectivity index (χ1n) is 8.20. The largest absolute Gasteiger partial charge is 0.398 e. The minimum absolute atomic E-state index is 0. The number of anilines is 2. The Morgan fingerprint density at radius 1 is 1.46 bits per heavy atom. The molecule has 0 bridgehead atoms. The van der Waals surface area contributed by atoms with E-state index in [1.807, 2.05) is 20.8 Å². The SMILES string of the molecule is CC1=C(C(=O)Nc2ccc(N)c(C=N)c2)C(C(C)C)N(N)/C(=N\N)N1C.[HH].[HH]. The van der Waals surface area contributed by atoms with Gasteiger partial charge in [0.05, 0.1) is 11.6 Å². The molecule has 144 valence electrons. The summed E-state index contributed by atoms with van der Waals surface area (Å²) < 4.78 is 0. The summed E-state index contributed by atoms with van der Waals surface area (Å²) in [5.41, 5.74) is 8.61. The van der Waals surface area contributed by atoms with Gasteiger partial charge >= 0.3 is 0 Å². The number of nitrogens with zero attached hydrogens (tertiary/aromatic N) is 3. The van der Waals surface area contributed by atoms with E-state index >= 15 is 0 Å². The molecule has 0 saturated carbocycles. The van der Waals surface area contributed by atoms with Crippen molar-refractivity contribution in [1.82, 2.24) is 9.91 Å². The van der Waals surface area contributed by atoms with Gasteiger partial charge in [0.1, 0.15) is 0 Å². The van der Waals surface area contributed by atoms with Crippen LogP contribution in [0.4, 0.5) is 11.4 Å². The average molecular weight is 362 g/mol. The van der Waals surface area contributed by atoms with Crippen LogP contribution in [0.1, 0.15) is 29.2 Å². The zero-order valence-electron chi connectivity index (χ0n) is 15.4. The van der Waals surface area contributed by atoms with Gasteiger partial charge in [-0.1, -0.05) is 13.8 Å². The Hall–Kier alpha value is -3.07. The van der Waals surface area contributed by atoms with E-state index in [9.17, 15) is 4.79 Å². The summed E-state index contributed by atoms with van der Waals surface area (Å²) in [5.74, 6) is 11.8. The van der Waals surface area contributed by atoms with Gasteiger partial charge in [-0.3, -0.25) is 9.80 Å². The van der Waals surface area contributed by atoms with Crippen molar-refractivity contribution in [2.45, 2.75) is 26.8 Å². The van der Waals surface area contributed by atoms with Gasteiger partial charge in [0.2, 0.25) is 5.96 Å². The lowest BCUT2D eigenvalue weighted by Gasteiger charge is -2.42. The van der Waals surface area contributed by atoms with Crippen molar-refractivity contribution in [2.24, 2.45) is 22.7 Å². The normalized spacial score (nSPS) is 19.3. The van der Waals surface area contributed by atoms with E-state index in [-0.39, 0.29) is 20.7 Å². The summed E-state index contributed by atoms with van der Waals surface area (Å²) in [4.78, 5) is 14.7. The molecule has 0 radical (unpaired) electrons. The van der Waals surface area contributed by atoms with E-state index < -0.39 is 0 Å². The molecule has 0 spiro atoms. The number of nitrogen functional groups attached to an aromatic ring is 1. The molecule has 0 fully saturated rings. The first-order valence-corrected chi connectivity index (χ1v) is 8.20. The number of amides is 1. The molecule has 0 aromatic heterocycles. The van der Waals surface area contributed by atoms with Crippen molar-refractivity contribution in [3.63, 3.8) is 0 Å². The molecule has 8 N–H and O–H groups in total. The van der Waals surface area contributed by atoms with Crippen LogP contribution < -0.4 is 22.7 Å². The van der Waals surface area contributed by atoms with Crippen LogP contribution in [0.5, 0.6) is 0 Å². The van der Waals surface area contributed by atoms with Crippen LogP contribution in [0, 0.1) is 11.3 Å². The van der Waals surface area contributed by atoms with Crippen molar-refractivity contribution >= 4 is 29.5 Å². The number of hydrogen-bond donors (Lipinski definition) is 5. The number of carbonyl (C=O) groups excluding carboxylic acids is 1. The molecule has 1 atom stereocenters. The van der Waals surface area contributed by atoms with E-state index in [1.54, 1.807) is 30.1 Å². The second kappa shape index (κ2) is 7.44. The fourth-order valence-corrected chi connectivity index (χ4v) is 3.06. The second-order valence-electron chi connectivity index (χ2n) is 6.53. The average Bonchev–Trinajstić information content (AvgIpc) is 2.59. The van der Waals surface area contributed by atoms with E-state index in [2.05, 4.69) is 10.4 Å². The Balaban J connectivity index is 0.00000364. The second-order valence-corrected chi connectivity index (χ2v) is 6.53. The predicted octanol–water partition coefficient (Wildman–Crippen LogP) is 1.35. The van der Waals surface area contributed by atoms with E-state index in [4.69, 9.17) is 22.8 Å². The molecular weight excluding hydrogens is 332 g/mol. The molecule has 9 heteroatoms. The van der Waals surface area contributed by atoms with E-state index in [1.165, 1.54) is 5.01 Å². The van der Waals surface area contributed by atoms with Crippen LogP contribution in [0.2, 0.25) is 0 Å². The Bertz CT molecular complexity index is 793. The van der Waals surface area contributed by atoms with Crippen molar-refractivity contribution in [3.8, 4) is 0 Å². The molecule has 1 heterocycles. The van der Waals surface area contributed by atoms with Crippen LogP contribution in [0.25, 0.3) is 0 Å². The van der Waals surface area contributed by atoms with Crippen LogP contribution in [0.3, 0.4) is 0 Å². The van der Waals surface area contributed by atoms with Crippen LogP contribution in [0.15, 0.2) is 34.6 Å². The monoisotopic (exact) mass is 362 g/mol. The number of rotatable bonds is 4. The smallest absolute Gasteiger partial charge is 0.255 e. The van der Waals surface area contributed by atoms with Crippen LogP contribution in [-0.2, 0) is 4.79 Å². The minimum Gasteiger partial charge on any atom is -0.398 e. The quantitative estimate of drug-likeness (QED) is 0.236. The Morgan fingerprint density at radius 3 is 2.65 bits per heavy atom. The van der Waals surface area contributed by atoms with Gasteiger partial charge in [0.25, 0.3) is 5.91 Å². The number of allylic oxidation sites excluding steroid dienone is 1. The van der Waals surface area contributed by atoms with Crippen LogP contribution in [-0.4, -0.2) is 41.1 Å². The molecule has 9 nitrogen and oxygen atoms in total. The van der Waals surface area contributed by atoms with Crippen molar-refractivity contribution in [1.29, 1.82) is 5.41 Å². The van der Waals surface area contributed by atoms with Gasteiger partial charge in [-0.15, -0.1) is 5.10 Å². The maximum Gasteiger partial charge on any atom is 0.255 e. The van der Waals surface area contributed by atoms with Crippen molar-refractivity contribution in [2.75, 3.05) is 18.1 Å². The Kier molecular flexibility index (Phi) is 5.51.